The van der Waals surface area contributed by atoms with Crippen LogP contribution in [0, 0.1) is 0 Å². The first-order valence-corrected chi connectivity index (χ1v) is 6.27. The third kappa shape index (κ3) is 2.90. The summed E-state index contributed by atoms with van der Waals surface area (Å²) in [6, 6.07) is 14.1. The van der Waals surface area contributed by atoms with E-state index in [1.54, 1.807) is 30.3 Å². The van der Waals surface area contributed by atoms with Gasteiger partial charge in [-0.25, -0.2) is 0 Å². The Morgan fingerprint density at radius 3 is 2.50 bits per heavy atom. The largest absolute Gasteiger partial charge is 0.508 e. The highest BCUT2D eigenvalue weighted by atomic mass is 79.9. The van der Waals surface area contributed by atoms with Gasteiger partial charge in [-0.3, -0.25) is 4.79 Å². The van der Waals surface area contributed by atoms with Gasteiger partial charge in [0.25, 0.3) is 5.91 Å². The molecule has 0 radical (unpaired) electrons. The fourth-order valence-electron chi connectivity index (χ4n) is 1.58. The number of halogens is 1. The van der Waals surface area contributed by atoms with E-state index < -0.39 is 0 Å². The summed E-state index contributed by atoms with van der Waals surface area (Å²) in [6.07, 6.45) is 0. The van der Waals surface area contributed by atoms with Gasteiger partial charge in [0.2, 0.25) is 0 Å². The summed E-state index contributed by atoms with van der Waals surface area (Å²) in [5.74, 6) is 0.00987. The summed E-state index contributed by atoms with van der Waals surface area (Å²) in [6.45, 7) is 0.298. The van der Waals surface area contributed by atoms with E-state index in [1.165, 1.54) is 0 Å². The molecule has 0 unspecified atom stereocenters. The summed E-state index contributed by atoms with van der Waals surface area (Å²) < 4.78 is 0.750. The first kappa shape index (κ1) is 12.6. The van der Waals surface area contributed by atoms with Crippen LogP contribution in [0.5, 0.6) is 5.75 Å². The first-order valence-electron chi connectivity index (χ1n) is 5.48. The van der Waals surface area contributed by atoms with E-state index in [4.69, 9.17) is 0 Å². The van der Waals surface area contributed by atoms with Gasteiger partial charge < -0.3 is 10.4 Å². The van der Waals surface area contributed by atoms with Crippen molar-refractivity contribution >= 4 is 21.8 Å². The number of benzene rings is 2. The molecule has 4 heteroatoms. The Kier molecular flexibility index (Phi) is 3.99. The molecule has 0 fully saturated rings. The van der Waals surface area contributed by atoms with E-state index in [9.17, 15) is 9.90 Å². The molecule has 0 aliphatic carbocycles. The number of phenols is 1. The zero-order valence-corrected chi connectivity index (χ0v) is 11.1. The van der Waals surface area contributed by atoms with Crippen LogP contribution in [-0.2, 0) is 6.54 Å². The molecule has 0 spiro atoms. The van der Waals surface area contributed by atoms with Crippen LogP contribution in [0.25, 0.3) is 0 Å². The number of carbonyl (C=O) groups excluding carboxylic acids is 1. The van der Waals surface area contributed by atoms with Gasteiger partial charge >= 0.3 is 0 Å². The number of aromatic hydroxyl groups is 1. The van der Waals surface area contributed by atoms with Crippen molar-refractivity contribution in [2.45, 2.75) is 6.54 Å². The number of phenolic OH excluding ortho intramolecular Hbond substituents is 1. The molecule has 2 aromatic rings. The molecule has 2 rings (SSSR count). The minimum Gasteiger partial charge on any atom is -0.508 e. The van der Waals surface area contributed by atoms with Gasteiger partial charge in [-0.1, -0.05) is 30.3 Å². The van der Waals surface area contributed by atoms with E-state index in [0.29, 0.717) is 17.7 Å². The number of rotatable bonds is 3. The maximum Gasteiger partial charge on any atom is 0.252 e. The number of amides is 1. The van der Waals surface area contributed by atoms with Crippen molar-refractivity contribution in [3.8, 4) is 5.75 Å². The maximum absolute atomic E-state index is 11.9. The molecule has 0 bridgehead atoms. The Morgan fingerprint density at radius 2 is 1.78 bits per heavy atom. The van der Waals surface area contributed by atoms with Gasteiger partial charge in [0, 0.05) is 16.6 Å². The lowest BCUT2D eigenvalue weighted by Crippen LogP contribution is -2.23. The number of carbonyl (C=O) groups is 1. The van der Waals surface area contributed by atoms with Crippen LogP contribution in [0.15, 0.2) is 53.0 Å². The van der Waals surface area contributed by atoms with E-state index in [1.807, 2.05) is 18.2 Å². The highest BCUT2D eigenvalue weighted by Crippen LogP contribution is 2.17. The van der Waals surface area contributed by atoms with Gasteiger partial charge in [-0.2, -0.15) is 0 Å². The Balaban J connectivity index is 2.06. The molecule has 0 aliphatic rings. The van der Waals surface area contributed by atoms with Gasteiger partial charge in [0.1, 0.15) is 5.75 Å². The van der Waals surface area contributed by atoms with Crippen LogP contribution >= 0.6 is 15.9 Å². The van der Waals surface area contributed by atoms with Crippen molar-refractivity contribution in [2.75, 3.05) is 0 Å². The average molecular weight is 306 g/mol. The summed E-state index contributed by atoms with van der Waals surface area (Å²) in [5.41, 5.74) is 1.27. The lowest BCUT2D eigenvalue weighted by atomic mass is 10.2. The second kappa shape index (κ2) is 5.69. The third-order valence-electron chi connectivity index (χ3n) is 2.55. The minimum atomic E-state index is -0.175. The highest BCUT2D eigenvalue weighted by molar-refractivity contribution is 9.10. The molecule has 3 nitrogen and oxygen atoms in total. The van der Waals surface area contributed by atoms with Crippen LogP contribution in [0.3, 0.4) is 0 Å². The normalized spacial score (nSPS) is 10.1. The number of hydrogen-bond acceptors (Lipinski definition) is 2. The topological polar surface area (TPSA) is 49.3 Å². The summed E-state index contributed by atoms with van der Waals surface area (Å²) in [7, 11) is 0. The lowest BCUT2D eigenvalue weighted by Gasteiger charge is -2.08. The molecule has 0 saturated heterocycles. The predicted molar refractivity (Wildman–Crippen MR) is 73.4 cm³/mol. The molecule has 1 amide bonds. The summed E-state index contributed by atoms with van der Waals surface area (Å²) in [4.78, 5) is 11.9. The Morgan fingerprint density at radius 1 is 1.11 bits per heavy atom. The van der Waals surface area contributed by atoms with Gasteiger partial charge in [-0.15, -0.1) is 0 Å². The molecular weight excluding hydrogens is 294 g/mol. The van der Waals surface area contributed by atoms with E-state index in [-0.39, 0.29) is 11.7 Å². The molecule has 0 heterocycles. The van der Waals surface area contributed by atoms with Crippen molar-refractivity contribution in [3.05, 3.63) is 64.1 Å². The van der Waals surface area contributed by atoms with Gasteiger partial charge in [-0.05, 0) is 34.1 Å². The Labute approximate surface area is 114 Å². The zero-order valence-electron chi connectivity index (χ0n) is 9.56. The molecule has 0 atom stereocenters. The van der Waals surface area contributed by atoms with Crippen LogP contribution < -0.4 is 5.32 Å². The second-order valence-electron chi connectivity index (χ2n) is 3.79. The quantitative estimate of drug-likeness (QED) is 0.915. The fraction of sp³-hybridized carbons (Fsp3) is 0.0714. The summed E-state index contributed by atoms with van der Waals surface area (Å²) >= 11 is 3.33. The average Bonchev–Trinajstić information content (AvgIpc) is 2.38. The molecule has 2 aromatic carbocycles. The smallest absolute Gasteiger partial charge is 0.252 e. The predicted octanol–water partition coefficient (Wildman–Crippen LogP) is 3.08. The molecule has 0 saturated carbocycles. The maximum atomic E-state index is 11.9. The van der Waals surface area contributed by atoms with E-state index in [2.05, 4.69) is 21.2 Å². The lowest BCUT2D eigenvalue weighted by molar-refractivity contribution is 0.0950. The fourth-order valence-corrected chi connectivity index (χ4v) is 2.04. The molecule has 0 aliphatic heterocycles. The van der Waals surface area contributed by atoms with Crippen molar-refractivity contribution < 1.29 is 9.90 Å². The van der Waals surface area contributed by atoms with Crippen LogP contribution in [0.4, 0.5) is 0 Å². The number of nitrogens with one attached hydrogen (secondary N) is 1. The van der Waals surface area contributed by atoms with Crippen molar-refractivity contribution in [1.82, 2.24) is 5.32 Å². The highest BCUT2D eigenvalue weighted by Gasteiger charge is 2.09. The van der Waals surface area contributed by atoms with Gasteiger partial charge in [0.05, 0.1) is 5.56 Å². The van der Waals surface area contributed by atoms with E-state index in [0.717, 1.165) is 4.47 Å². The van der Waals surface area contributed by atoms with Crippen molar-refractivity contribution in [2.24, 2.45) is 0 Å². The monoisotopic (exact) mass is 305 g/mol. The minimum absolute atomic E-state index is 0.175. The molecule has 0 aromatic heterocycles. The van der Waals surface area contributed by atoms with Crippen LogP contribution in [0.1, 0.15) is 15.9 Å². The molecule has 18 heavy (non-hydrogen) atoms. The van der Waals surface area contributed by atoms with Gasteiger partial charge in [0.15, 0.2) is 0 Å². The Hall–Kier alpha value is -1.81. The molecule has 2 N–H and O–H groups in total. The first-order chi connectivity index (χ1) is 8.68. The SMILES string of the molecule is O=C(NCc1ccccc1O)c1ccccc1Br. The Bertz CT molecular complexity index is 569. The number of hydrogen-bond donors (Lipinski definition) is 2. The van der Waals surface area contributed by atoms with Crippen LogP contribution in [-0.4, -0.2) is 11.0 Å². The number of para-hydroxylation sites is 1. The van der Waals surface area contributed by atoms with Crippen molar-refractivity contribution in [1.29, 1.82) is 0 Å². The van der Waals surface area contributed by atoms with E-state index >= 15 is 0 Å². The molecular formula is C14H12BrNO2. The second-order valence-corrected chi connectivity index (χ2v) is 4.65. The standard InChI is InChI=1S/C14H12BrNO2/c15-12-7-3-2-6-11(12)14(18)16-9-10-5-1-4-8-13(10)17/h1-8,17H,9H2,(H,16,18). The van der Waals surface area contributed by atoms with Crippen molar-refractivity contribution in [3.63, 3.8) is 0 Å². The third-order valence-corrected chi connectivity index (χ3v) is 3.24. The zero-order chi connectivity index (χ0) is 13.0. The molecule has 92 valence electrons. The summed E-state index contributed by atoms with van der Waals surface area (Å²) in [5, 5.41) is 12.4. The van der Waals surface area contributed by atoms with Crippen LogP contribution in [0.2, 0.25) is 0 Å².